The first-order valence-corrected chi connectivity index (χ1v) is 7.35. The molecule has 1 aliphatic heterocycles. The van der Waals surface area contributed by atoms with Gasteiger partial charge in [-0.05, 0) is 36.1 Å². The molecule has 6 heteroatoms. The van der Waals surface area contributed by atoms with Crippen molar-refractivity contribution in [2.45, 2.75) is 19.4 Å². The van der Waals surface area contributed by atoms with Gasteiger partial charge >= 0.3 is 0 Å². The summed E-state index contributed by atoms with van der Waals surface area (Å²) in [4.78, 5) is 11.2. The second-order valence-electron chi connectivity index (χ2n) is 4.47. The van der Waals surface area contributed by atoms with Crippen LogP contribution in [-0.4, -0.2) is 48.2 Å². The molecule has 0 aliphatic carbocycles. The fourth-order valence-corrected chi connectivity index (χ4v) is 2.29. The van der Waals surface area contributed by atoms with E-state index in [1.807, 2.05) is 6.20 Å². The summed E-state index contributed by atoms with van der Waals surface area (Å²) in [6.45, 7) is 5.64. The fourth-order valence-electron chi connectivity index (χ4n) is 1.84. The fraction of sp³-hybridized carbons (Fsp3) is 0.667. The van der Waals surface area contributed by atoms with Crippen molar-refractivity contribution in [1.29, 1.82) is 0 Å². The van der Waals surface area contributed by atoms with Crippen LogP contribution in [0.3, 0.4) is 0 Å². The van der Waals surface area contributed by atoms with E-state index in [0.717, 1.165) is 47.9 Å². The van der Waals surface area contributed by atoms with E-state index >= 15 is 0 Å². The summed E-state index contributed by atoms with van der Waals surface area (Å²) in [6.07, 6.45) is 2.93. The molecule has 0 bridgehead atoms. The van der Waals surface area contributed by atoms with Gasteiger partial charge in [0.25, 0.3) is 0 Å². The molecular formula is C12H19IN4O. The first kappa shape index (κ1) is 14.0. The Bertz CT molecular complexity index is 402. The second kappa shape index (κ2) is 6.63. The highest BCUT2D eigenvalue weighted by molar-refractivity contribution is 14.1. The molecule has 0 aromatic carbocycles. The van der Waals surface area contributed by atoms with Crippen molar-refractivity contribution < 1.29 is 4.74 Å². The molecule has 0 radical (unpaired) electrons. The van der Waals surface area contributed by atoms with Crippen LogP contribution in [0.25, 0.3) is 0 Å². The van der Waals surface area contributed by atoms with E-state index in [0.29, 0.717) is 0 Å². The molecule has 1 aliphatic rings. The number of halogens is 1. The molecule has 1 aromatic heterocycles. The zero-order chi connectivity index (χ0) is 13.0. The molecule has 5 nitrogen and oxygen atoms in total. The van der Waals surface area contributed by atoms with Gasteiger partial charge in [0, 0.05) is 25.8 Å². The zero-order valence-electron chi connectivity index (χ0n) is 10.8. The van der Waals surface area contributed by atoms with Crippen molar-refractivity contribution in [3.63, 3.8) is 0 Å². The molecule has 1 saturated heterocycles. The third kappa shape index (κ3) is 3.52. The average molecular weight is 362 g/mol. The highest BCUT2D eigenvalue weighted by atomic mass is 127. The van der Waals surface area contributed by atoms with E-state index in [1.54, 1.807) is 0 Å². The summed E-state index contributed by atoms with van der Waals surface area (Å²) in [5.74, 6) is 1.69. The van der Waals surface area contributed by atoms with E-state index < -0.39 is 0 Å². The van der Waals surface area contributed by atoms with E-state index in [4.69, 9.17) is 4.74 Å². The Balaban J connectivity index is 2.12. The van der Waals surface area contributed by atoms with Crippen LogP contribution in [0.5, 0.6) is 0 Å². The number of nitrogens with zero attached hydrogens (tertiary/aromatic N) is 3. The van der Waals surface area contributed by atoms with Crippen molar-refractivity contribution in [2.24, 2.45) is 0 Å². The summed E-state index contributed by atoms with van der Waals surface area (Å²) in [5, 5.41) is 3.33. The van der Waals surface area contributed by atoms with Crippen LogP contribution < -0.4 is 5.32 Å². The molecule has 100 valence electrons. The van der Waals surface area contributed by atoms with Crippen LogP contribution in [0.2, 0.25) is 0 Å². The average Bonchev–Trinajstić information content (AvgIpc) is 2.38. The third-order valence-corrected chi connectivity index (χ3v) is 3.65. The van der Waals surface area contributed by atoms with Gasteiger partial charge in [-0.25, -0.2) is 9.97 Å². The Morgan fingerprint density at radius 3 is 3.17 bits per heavy atom. The number of hydrogen-bond donors (Lipinski definition) is 1. The maximum absolute atomic E-state index is 5.74. The Kier molecular flexibility index (Phi) is 5.13. The molecule has 0 amide bonds. The number of anilines is 1. The third-order valence-electron chi connectivity index (χ3n) is 2.86. The number of morpholine rings is 1. The summed E-state index contributed by atoms with van der Waals surface area (Å²) in [6, 6.07) is 0. The standard InChI is InChI=1S/C12H19IN4O/c1-3-4-14-11-9(13)7-15-12(16-11)10-8-17(2)5-6-18-10/h7,10H,3-6,8H2,1-2H3,(H,14,15,16). The minimum Gasteiger partial charge on any atom is -0.369 e. The van der Waals surface area contributed by atoms with Crippen LogP contribution >= 0.6 is 22.6 Å². The summed E-state index contributed by atoms with van der Waals surface area (Å²) < 4.78 is 6.79. The largest absolute Gasteiger partial charge is 0.369 e. The summed E-state index contributed by atoms with van der Waals surface area (Å²) in [5.41, 5.74) is 0. The number of nitrogens with one attached hydrogen (secondary N) is 1. The monoisotopic (exact) mass is 362 g/mol. The molecule has 1 fully saturated rings. The van der Waals surface area contributed by atoms with Gasteiger partial charge in [-0.15, -0.1) is 0 Å². The van der Waals surface area contributed by atoms with Crippen LogP contribution in [0.15, 0.2) is 6.20 Å². The van der Waals surface area contributed by atoms with Gasteiger partial charge in [-0.2, -0.15) is 0 Å². The number of ether oxygens (including phenoxy) is 1. The van der Waals surface area contributed by atoms with Crippen molar-refractivity contribution >= 4 is 28.4 Å². The van der Waals surface area contributed by atoms with Crippen LogP contribution in [0, 0.1) is 3.57 Å². The van der Waals surface area contributed by atoms with Crippen molar-refractivity contribution in [1.82, 2.24) is 14.9 Å². The predicted molar refractivity (Wildman–Crippen MR) is 79.7 cm³/mol. The molecule has 1 aromatic rings. The Morgan fingerprint density at radius 2 is 2.44 bits per heavy atom. The SMILES string of the molecule is CCCNc1nc(C2CN(C)CCO2)ncc1I. The molecule has 1 atom stereocenters. The summed E-state index contributed by atoms with van der Waals surface area (Å²) >= 11 is 2.25. The van der Waals surface area contributed by atoms with Crippen LogP contribution in [0.1, 0.15) is 25.3 Å². The maximum Gasteiger partial charge on any atom is 0.160 e. The van der Waals surface area contributed by atoms with Gasteiger partial charge in [0.1, 0.15) is 11.9 Å². The first-order valence-electron chi connectivity index (χ1n) is 6.27. The minimum atomic E-state index is -0.0112. The molecule has 0 saturated carbocycles. The van der Waals surface area contributed by atoms with E-state index in [-0.39, 0.29) is 6.10 Å². The number of hydrogen-bond acceptors (Lipinski definition) is 5. The topological polar surface area (TPSA) is 50.3 Å². The lowest BCUT2D eigenvalue weighted by Gasteiger charge is -2.29. The van der Waals surface area contributed by atoms with E-state index in [9.17, 15) is 0 Å². The quantitative estimate of drug-likeness (QED) is 0.830. The molecule has 2 rings (SSSR count). The molecule has 0 spiro atoms. The molecule has 1 N–H and O–H groups in total. The Hall–Kier alpha value is -0.470. The number of aromatic nitrogens is 2. The predicted octanol–water partition coefficient (Wildman–Crippen LogP) is 1.91. The smallest absolute Gasteiger partial charge is 0.160 e. The maximum atomic E-state index is 5.74. The normalized spacial score (nSPS) is 20.9. The Morgan fingerprint density at radius 1 is 1.61 bits per heavy atom. The minimum absolute atomic E-state index is 0.0112. The molecular weight excluding hydrogens is 343 g/mol. The van der Waals surface area contributed by atoms with Gasteiger partial charge in [-0.3, -0.25) is 0 Å². The zero-order valence-corrected chi connectivity index (χ0v) is 13.0. The van der Waals surface area contributed by atoms with Crippen molar-refractivity contribution in [2.75, 3.05) is 38.6 Å². The Labute approximate surface area is 121 Å². The van der Waals surface area contributed by atoms with Crippen molar-refractivity contribution in [3.8, 4) is 0 Å². The number of likely N-dealkylation sites (N-methyl/N-ethyl adjacent to an activating group) is 1. The highest BCUT2D eigenvalue weighted by Gasteiger charge is 2.22. The molecule has 1 unspecified atom stereocenters. The lowest BCUT2D eigenvalue weighted by Crippen LogP contribution is -2.36. The van der Waals surface area contributed by atoms with E-state index in [1.165, 1.54) is 0 Å². The van der Waals surface area contributed by atoms with E-state index in [2.05, 4.69) is 56.7 Å². The van der Waals surface area contributed by atoms with Crippen molar-refractivity contribution in [3.05, 3.63) is 15.6 Å². The number of rotatable bonds is 4. The second-order valence-corrected chi connectivity index (χ2v) is 5.64. The van der Waals surface area contributed by atoms with Gasteiger partial charge in [0.15, 0.2) is 5.82 Å². The summed E-state index contributed by atoms with van der Waals surface area (Å²) in [7, 11) is 2.10. The lowest BCUT2D eigenvalue weighted by atomic mass is 10.2. The highest BCUT2D eigenvalue weighted by Crippen LogP contribution is 2.21. The van der Waals surface area contributed by atoms with Gasteiger partial charge in [0.05, 0.1) is 10.2 Å². The lowest BCUT2D eigenvalue weighted by molar-refractivity contribution is -0.0254. The van der Waals surface area contributed by atoms with Gasteiger partial charge in [0.2, 0.25) is 0 Å². The van der Waals surface area contributed by atoms with Crippen LogP contribution in [-0.2, 0) is 4.74 Å². The van der Waals surface area contributed by atoms with Crippen LogP contribution in [0.4, 0.5) is 5.82 Å². The molecule has 18 heavy (non-hydrogen) atoms. The van der Waals surface area contributed by atoms with Gasteiger partial charge in [-0.1, -0.05) is 6.92 Å². The first-order chi connectivity index (χ1) is 8.70. The molecule has 2 heterocycles. The van der Waals surface area contributed by atoms with Gasteiger partial charge < -0.3 is 15.0 Å².